The van der Waals surface area contributed by atoms with Crippen LogP contribution in [0.5, 0.6) is 5.75 Å². The maximum absolute atomic E-state index is 13.1. The second-order valence-corrected chi connectivity index (χ2v) is 7.55. The molecular weight excluding hydrogens is 380 g/mol. The van der Waals surface area contributed by atoms with Crippen molar-refractivity contribution in [3.8, 4) is 5.75 Å². The van der Waals surface area contributed by atoms with Gasteiger partial charge in [0.05, 0.1) is 36.9 Å². The Bertz CT molecular complexity index is 729. The summed E-state index contributed by atoms with van der Waals surface area (Å²) in [7, 11) is 0. The number of hydrogen-bond acceptors (Lipinski definition) is 7. The maximum Gasteiger partial charge on any atom is 0.268 e. The lowest BCUT2D eigenvalue weighted by molar-refractivity contribution is -0.136. The maximum atomic E-state index is 13.1. The number of aliphatic hydroxyl groups is 1. The van der Waals surface area contributed by atoms with Crippen LogP contribution < -0.4 is 4.74 Å². The van der Waals surface area contributed by atoms with Crippen molar-refractivity contribution < 1.29 is 24.2 Å². The van der Waals surface area contributed by atoms with E-state index < -0.39 is 0 Å². The minimum absolute atomic E-state index is 0.0556. The van der Waals surface area contributed by atoms with Crippen LogP contribution in [0.25, 0.3) is 5.57 Å². The zero-order valence-corrected chi connectivity index (χ0v) is 16.9. The average molecular weight is 407 g/mol. The van der Waals surface area contributed by atoms with E-state index in [9.17, 15) is 14.7 Å². The van der Waals surface area contributed by atoms with Gasteiger partial charge < -0.3 is 14.6 Å². The smallest absolute Gasteiger partial charge is 0.268 e. The number of carbonyl (C=O) groups is 2. The summed E-state index contributed by atoms with van der Waals surface area (Å²) in [6.07, 6.45) is 0. The van der Waals surface area contributed by atoms with Crippen LogP contribution in [0.15, 0.2) is 29.2 Å². The predicted octanol–water partition coefficient (Wildman–Crippen LogP) is 1.22. The van der Waals surface area contributed by atoms with Crippen LogP contribution in [0.3, 0.4) is 0 Å². The van der Waals surface area contributed by atoms with Crippen molar-refractivity contribution in [3.63, 3.8) is 0 Å². The number of imide groups is 1. The van der Waals surface area contributed by atoms with Crippen LogP contribution in [-0.4, -0.2) is 85.1 Å². The van der Waals surface area contributed by atoms with Crippen molar-refractivity contribution in [1.82, 2.24) is 9.80 Å². The first-order chi connectivity index (χ1) is 13.7. The molecule has 0 saturated carbocycles. The molecule has 1 fully saturated rings. The molecule has 0 unspecified atom stereocenters. The standard InChI is InChI=1S/C20H26N2O5S/c1-2-27-16-5-3-15(4-6-16)17-18(28-14-11-23)20(25)22(19(17)24)8-7-21-9-12-26-13-10-21/h3-6,23H,2,7-14H2,1H3. The lowest BCUT2D eigenvalue weighted by Gasteiger charge is -2.28. The van der Waals surface area contributed by atoms with E-state index >= 15 is 0 Å². The molecule has 0 bridgehead atoms. The summed E-state index contributed by atoms with van der Waals surface area (Å²) in [5.74, 6) is 0.535. The summed E-state index contributed by atoms with van der Waals surface area (Å²) < 4.78 is 10.8. The number of benzene rings is 1. The first-order valence-electron chi connectivity index (χ1n) is 9.53. The molecule has 2 amide bonds. The SMILES string of the molecule is CCOc1ccc(C2=C(SCCO)C(=O)N(CCN3CCOCC3)C2=O)cc1. The van der Waals surface area contributed by atoms with Crippen molar-refractivity contribution in [2.24, 2.45) is 0 Å². The Morgan fingerprint density at radius 3 is 2.46 bits per heavy atom. The molecule has 0 radical (unpaired) electrons. The van der Waals surface area contributed by atoms with Gasteiger partial charge in [-0.2, -0.15) is 0 Å². The minimum Gasteiger partial charge on any atom is -0.494 e. The number of ether oxygens (including phenoxy) is 2. The Balaban J connectivity index is 1.78. The van der Waals surface area contributed by atoms with Gasteiger partial charge in [-0.1, -0.05) is 12.1 Å². The van der Waals surface area contributed by atoms with Crippen molar-refractivity contribution >= 4 is 29.1 Å². The van der Waals surface area contributed by atoms with Gasteiger partial charge in [0.25, 0.3) is 11.8 Å². The summed E-state index contributed by atoms with van der Waals surface area (Å²) in [6, 6.07) is 7.20. The van der Waals surface area contributed by atoms with Gasteiger partial charge in [-0.25, -0.2) is 0 Å². The van der Waals surface area contributed by atoms with Crippen molar-refractivity contribution in [1.29, 1.82) is 0 Å². The van der Waals surface area contributed by atoms with Crippen LogP contribution in [0.2, 0.25) is 0 Å². The number of aliphatic hydroxyl groups excluding tert-OH is 1. The quantitative estimate of drug-likeness (QED) is 0.618. The Morgan fingerprint density at radius 2 is 1.82 bits per heavy atom. The Kier molecular flexibility index (Phi) is 7.50. The van der Waals surface area contributed by atoms with Gasteiger partial charge in [0.2, 0.25) is 0 Å². The first kappa shape index (κ1) is 20.9. The van der Waals surface area contributed by atoms with Gasteiger partial charge in [-0.15, -0.1) is 11.8 Å². The number of amides is 2. The molecule has 2 heterocycles. The van der Waals surface area contributed by atoms with E-state index in [1.165, 1.54) is 16.7 Å². The average Bonchev–Trinajstić information content (AvgIpc) is 2.96. The van der Waals surface area contributed by atoms with E-state index in [1.54, 1.807) is 24.3 Å². The van der Waals surface area contributed by atoms with E-state index in [-0.39, 0.29) is 18.4 Å². The molecule has 0 aromatic heterocycles. The highest BCUT2D eigenvalue weighted by molar-refractivity contribution is 8.04. The topological polar surface area (TPSA) is 79.3 Å². The van der Waals surface area contributed by atoms with E-state index in [0.29, 0.717) is 54.7 Å². The summed E-state index contributed by atoms with van der Waals surface area (Å²) in [4.78, 5) is 29.9. The van der Waals surface area contributed by atoms with Crippen LogP contribution in [-0.2, 0) is 14.3 Å². The molecule has 7 nitrogen and oxygen atoms in total. The summed E-state index contributed by atoms with van der Waals surface area (Å²) in [6.45, 7) is 6.36. The molecular formula is C20H26N2O5S. The van der Waals surface area contributed by atoms with Gasteiger partial charge in [0.1, 0.15) is 5.75 Å². The first-order valence-corrected chi connectivity index (χ1v) is 10.5. The van der Waals surface area contributed by atoms with Gasteiger partial charge >= 0.3 is 0 Å². The molecule has 1 aromatic carbocycles. The summed E-state index contributed by atoms with van der Waals surface area (Å²) in [5.41, 5.74) is 1.10. The molecule has 0 aliphatic carbocycles. The number of thioether (sulfide) groups is 1. The Morgan fingerprint density at radius 1 is 1.11 bits per heavy atom. The molecule has 1 aromatic rings. The third-order valence-electron chi connectivity index (χ3n) is 4.66. The number of rotatable bonds is 9. The van der Waals surface area contributed by atoms with Gasteiger partial charge in [0, 0.05) is 31.9 Å². The number of carbonyl (C=O) groups excluding carboxylic acids is 2. The van der Waals surface area contributed by atoms with Gasteiger partial charge in [-0.3, -0.25) is 19.4 Å². The second kappa shape index (κ2) is 10.1. The highest BCUT2D eigenvalue weighted by Gasteiger charge is 2.39. The van der Waals surface area contributed by atoms with Crippen LogP contribution >= 0.6 is 11.8 Å². The highest BCUT2D eigenvalue weighted by atomic mass is 32.2. The lowest BCUT2D eigenvalue weighted by atomic mass is 10.1. The normalized spacial score (nSPS) is 18.3. The molecule has 8 heteroatoms. The van der Waals surface area contributed by atoms with Crippen molar-refractivity contribution in [2.75, 3.05) is 58.4 Å². The summed E-state index contributed by atoms with van der Waals surface area (Å²) >= 11 is 1.23. The molecule has 2 aliphatic heterocycles. The van der Waals surface area contributed by atoms with Crippen molar-refractivity contribution in [2.45, 2.75) is 6.92 Å². The summed E-state index contributed by atoms with van der Waals surface area (Å²) in [5, 5.41) is 9.18. The molecule has 0 atom stereocenters. The molecule has 152 valence electrons. The fourth-order valence-electron chi connectivity index (χ4n) is 3.24. The fraction of sp³-hybridized carbons (Fsp3) is 0.500. The fourth-order valence-corrected chi connectivity index (χ4v) is 4.12. The van der Waals surface area contributed by atoms with E-state index in [0.717, 1.165) is 18.8 Å². The molecule has 1 N–H and O–H groups in total. The van der Waals surface area contributed by atoms with E-state index in [4.69, 9.17) is 9.47 Å². The predicted molar refractivity (Wildman–Crippen MR) is 108 cm³/mol. The largest absolute Gasteiger partial charge is 0.494 e. The number of hydrogen-bond donors (Lipinski definition) is 1. The molecule has 2 aliphatic rings. The van der Waals surface area contributed by atoms with Gasteiger partial charge in [0.15, 0.2) is 0 Å². The van der Waals surface area contributed by atoms with Crippen LogP contribution in [0.4, 0.5) is 0 Å². The lowest BCUT2D eigenvalue weighted by Crippen LogP contribution is -2.43. The Hall–Kier alpha value is -1.87. The molecule has 28 heavy (non-hydrogen) atoms. The highest BCUT2D eigenvalue weighted by Crippen LogP contribution is 2.36. The van der Waals surface area contributed by atoms with E-state index in [1.807, 2.05) is 6.92 Å². The third kappa shape index (κ3) is 4.75. The van der Waals surface area contributed by atoms with E-state index in [2.05, 4.69) is 4.90 Å². The number of morpholine rings is 1. The number of nitrogens with zero attached hydrogens (tertiary/aromatic N) is 2. The molecule has 1 saturated heterocycles. The zero-order valence-electron chi connectivity index (χ0n) is 16.1. The molecule has 3 rings (SSSR count). The van der Waals surface area contributed by atoms with Gasteiger partial charge in [-0.05, 0) is 24.6 Å². The second-order valence-electron chi connectivity index (χ2n) is 6.45. The zero-order chi connectivity index (χ0) is 19.9. The van der Waals surface area contributed by atoms with Crippen LogP contribution in [0.1, 0.15) is 12.5 Å². The monoisotopic (exact) mass is 406 g/mol. The Labute approximate surface area is 169 Å². The minimum atomic E-state index is -0.277. The van der Waals surface area contributed by atoms with Crippen molar-refractivity contribution in [3.05, 3.63) is 34.7 Å². The third-order valence-corrected chi connectivity index (χ3v) is 5.71. The molecule has 0 spiro atoms. The van der Waals surface area contributed by atoms with Crippen LogP contribution in [0, 0.1) is 0 Å².